The number of aromatic nitrogens is 2. The fourth-order valence-electron chi connectivity index (χ4n) is 21.5. The first-order chi connectivity index (χ1) is 61.8. The lowest BCUT2D eigenvalue weighted by atomic mass is 9.77. The number of hydrogen-bond donors (Lipinski definition) is 0. The minimum Gasteiger partial charge on any atom is -0.456 e. The van der Waals surface area contributed by atoms with Crippen LogP contribution in [0.15, 0.2) is 361 Å². The van der Waals surface area contributed by atoms with Crippen LogP contribution in [0.25, 0.3) is 120 Å². The summed E-state index contributed by atoms with van der Waals surface area (Å²) in [6, 6.07) is 128. The second kappa shape index (κ2) is 27.9. The number of nitrogens with zero attached hydrogens (tertiary/aromatic N) is 7. The van der Waals surface area contributed by atoms with Gasteiger partial charge in [-0.1, -0.05) is 202 Å². The number of aryl methyl sites for hydroxylation is 4. The van der Waals surface area contributed by atoms with E-state index in [9.17, 15) is 0 Å². The zero-order chi connectivity index (χ0) is 84.2. The number of fused-ring (bicyclic) bond motifs is 22. The topological polar surface area (TPSA) is 70.8 Å². The molecule has 0 spiro atoms. The van der Waals surface area contributed by atoms with Crippen molar-refractivity contribution in [3.05, 3.63) is 385 Å². The van der Waals surface area contributed by atoms with Crippen molar-refractivity contribution in [1.29, 1.82) is 0 Å². The molecule has 0 aliphatic carbocycles. The molecule has 18 aromatic carbocycles. The van der Waals surface area contributed by atoms with Gasteiger partial charge in [0.15, 0.2) is 23.0 Å². The van der Waals surface area contributed by atoms with Crippen LogP contribution in [-0.4, -0.2) is 15.2 Å². The number of para-hydroxylation sites is 11. The number of rotatable bonds is 8. The molecule has 1 unspecified atom stereocenters. The van der Waals surface area contributed by atoms with E-state index in [-0.39, 0.29) is 12.0 Å². The Hall–Kier alpha value is -15.7. The molecule has 0 saturated heterocycles. The minimum atomic E-state index is 0.226. The fourth-order valence-corrected chi connectivity index (χ4v) is 21.5. The third kappa shape index (κ3) is 11.0. The van der Waals surface area contributed by atoms with Gasteiger partial charge in [0.2, 0.25) is 0 Å². The smallest absolute Gasteiger partial charge is 0.152 e. The molecule has 604 valence electrons. The molecule has 11 heteroatoms. The molecule has 8 heterocycles. The van der Waals surface area contributed by atoms with Crippen LogP contribution in [0.2, 0.25) is 0 Å². The average molecular weight is 1630 g/mol. The van der Waals surface area contributed by atoms with Gasteiger partial charge in [-0.15, -0.1) is 0 Å². The van der Waals surface area contributed by atoms with E-state index >= 15 is 0 Å². The van der Waals surface area contributed by atoms with Crippen molar-refractivity contribution >= 4 is 189 Å². The van der Waals surface area contributed by atoms with Gasteiger partial charge in [-0.05, 0) is 233 Å². The predicted octanol–water partition coefficient (Wildman–Crippen LogP) is 33.0. The van der Waals surface area contributed by atoms with Crippen LogP contribution in [0.4, 0.5) is 79.6 Å². The summed E-state index contributed by atoms with van der Waals surface area (Å²) < 4.78 is 31.7. The van der Waals surface area contributed by atoms with Crippen LogP contribution in [0.3, 0.4) is 0 Å². The maximum Gasteiger partial charge on any atom is 0.152 e. The van der Waals surface area contributed by atoms with Gasteiger partial charge < -0.3 is 51.9 Å². The second-order valence-electron chi connectivity index (χ2n) is 35.0. The molecule has 22 aromatic rings. The lowest BCUT2D eigenvalue weighted by molar-refractivity contribution is 0.477. The van der Waals surface area contributed by atoms with Gasteiger partial charge in [0.25, 0.3) is 0 Å². The van der Waals surface area contributed by atoms with Gasteiger partial charge in [-0.2, -0.15) is 0 Å². The monoisotopic (exact) mass is 1630 g/mol. The second-order valence-corrected chi connectivity index (χ2v) is 35.0. The number of hydrogen-bond acceptors (Lipinski definition) is 9. The number of anilines is 14. The molecule has 0 bridgehead atoms. The van der Waals surface area contributed by atoms with E-state index < -0.39 is 0 Å². The Morgan fingerprint density at radius 3 is 1.07 bits per heavy atom. The SMILES string of the molecule is CC(C)C1c2ccccc2N(c2cccc3c(N4c5ccccc5N(C(C)C)c5cc6c(cc54)oc4ccccc46)cccc23)c2cc3oc4ccccc4c3cc21.Cc1cc(C)cc(-n2c3ccccc3c3cc4c(cc32)N(c2cccc3c(N5c6ccccc6Oc6cc7c8ccccc8n(-c8cc(C)cc(C)c8)c7cc65)cccc23)c2ccccc2O4)c1. The van der Waals surface area contributed by atoms with Crippen molar-refractivity contribution in [2.75, 3.05) is 24.5 Å². The lowest BCUT2D eigenvalue weighted by Gasteiger charge is -2.42. The van der Waals surface area contributed by atoms with E-state index in [1.54, 1.807) is 0 Å². The molecule has 26 rings (SSSR count). The number of ether oxygens (including phenoxy) is 2. The van der Waals surface area contributed by atoms with Crippen molar-refractivity contribution in [3.8, 4) is 34.4 Å². The van der Waals surface area contributed by atoms with Crippen molar-refractivity contribution in [2.24, 2.45) is 5.92 Å². The summed E-state index contributed by atoms with van der Waals surface area (Å²) in [5.74, 6) is 3.86. The van der Waals surface area contributed by atoms with Gasteiger partial charge in [0.05, 0.1) is 96.0 Å². The molecule has 0 saturated carbocycles. The molecule has 11 nitrogen and oxygen atoms in total. The summed E-state index contributed by atoms with van der Waals surface area (Å²) in [6.07, 6.45) is 0. The van der Waals surface area contributed by atoms with Gasteiger partial charge >= 0.3 is 0 Å². The average Bonchev–Trinajstić information content (AvgIpc) is 1.31. The van der Waals surface area contributed by atoms with E-state index in [1.807, 2.05) is 6.07 Å². The van der Waals surface area contributed by atoms with Crippen molar-refractivity contribution in [3.63, 3.8) is 0 Å². The van der Waals surface area contributed by atoms with Gasteiger partial charge in [-0.25, -0.2) is 0 Å². The lowest BCUT2D eigenvalue weighted by Crippen LogP contribution is -2.32. The summed E-state index contributed by atoms with van der Waals surface area (Å²) in [4.78, 5) is 12.2. The summed E-state index contributed by atoms with van der Waals surface area (Å²) in [7, 11) is 0. The molecular weight excluding hydrogens is 1540 g/mol. The molecular formula is C115H85N7O4. The largest absolute Gasteiger partial charge is 0.456 e. The molecule has 4 aromatic heterocycles. The maximum absolute atomic E-state index is 6.88. The van der Waals surface area contributed by atoms with Crippen LogP contribution in [-0.2, 0) is 0 Å². The van der Waals surface area contributed by atoms with Crippen LogP contribution < -0.4 is 34.0 Å². The third-order valence-corrected chi connectivity index (χ3v) is 26.4. The maximum atomic E-state index is 6.88. The Morgan fingerprint density at radius 2 is 0.595 bits per heavy atom. The number of furan rings is 2. The predicted molar refractivity (Wildman–Crippen MR) is 523 cm³/mol. The highest BCUT2D eigenvalue weighted by Gasteiger charge is 2.39. The van der Waals surface area contributed by atoms with Crippen molar-refractivity contribution in [2.45, 2.75) is 67.3 Å². The third-order valence-electron chi connectivity index (χ3n) is 26.4. The van der Waals surface area contributed by atoms with Crippen LogP contribution in [0, 0.1) is 33.6 Å². The van der Waals surface area contributed by atoms with Crippen LogP contribution in [0.1, 0.15) is 67.0 Å². The fraction of sp³-hybridized carbons (Fsp3) is 0.0957. The quantitative estimate of drug-likeness (QED) is 0.148. The normalized spacial score (nSPS) is 13.8. The highest BCUT2D eigenvalue weighted by atomic mass is 16.5. The first-order valence-electron chi connectivity index (χ1n) is 43.8. The molecule has 1 atom stereocenters. The Morgan fingerprint density at radius 1 is 0.222 bits per heavy atom. The molecule has 0 fully saturated rings. The molecule has 4 aliphatic heterocycles. The standard InChI is InChI=1S/C62H44N4O2.C53H41N3O2/c1-37-27-38(2)30-41(29-37)63-49-19-7-5-15-45(49)47-33-61-57(35-55(47)63)65(53-21-9-11-25-59(53)67-61)51-23-13-18-44-43(51)17-14-24-52(44)66-54-22-10-12-26-60(54)68-62-34-48-46-16-6-8-20-50(46)64(56(48)36-58(62)66)42-31-39(3)28-40(4)32-42;1-31(2)53-37-17-5-8-20-43(37)55(46-29-51-38(27-40(46)53)35-15-6-11-25-49(35)57-51)41-23-13-19-34-33(41)18-14-24-42(34)56-45-22-10-9-21-44(45)54(32(3)4)47-28-39-36-16-7-12-26-50(36)58-52(39)30-48(47)56/h5-36H,1-4H3;5-32,53H,1-4H3. The van der Waals surface area contributed by atoms with Crippen molar-refractivity contribution in [1.82, 2.24) is 9.13 Å². The summed E-state index contributed by atoms with van der Waals surface area (Å²) >= 11 is 0. The van der Waals surface area contributed by atoms with E-state index in [0.29, 0.717) is 5.92 Å². The molecule has 126 heavy (non-hydrogen) atoms. The molecule has 0 radical (unpaired) electrons. The van der Waals surface area contributed by atoms with E-state index in [2.05, 4.69) is 435 Å². The molecule has 0 amide bonds. The molecule has 0 N–H and O–H groups in total. The zero-order valence-electron chi connectivity index (χ0n) is 71.0. The van der Waals surface area contributed by atoms with Gasteiger partial charge in [0, 0.05) is 106 Å². The Bertz CT molecular complexity index is 7860. The van der Waals surface area contributed by atoms with Crippen LogP contribution in [0.5, 0.6) is 23.0 Å². The minimum absolute atomic E-state index is 0.226. The summed E-state index contributed by atoms with van der Waals surface area (Å²) in [5.41, 5.74) is 33.2. The van der Waals surface area contributed by atoms with Gasteiger partial charge in [-0.3, -0.25) is 0 Å². The van der Waals surface area contributed by atoms with Crippen LogP contribution >= 0.6 is 0 Å². The first kappa shape index (κ1) is 73.0. The van der Waals surface area contributed by atoms with Crippen molar-refractivity contribution < 1.29 is 18.3 Å². The Balaban J connectivity index is 0.000000139. The summed E-state index contributed by atoms with van der Waals surface area (Å²) in [5, 5.41) is 13.8. The first-order valence-corrected chi connectivity index (χ1v) is 43.8. The Labute approximate surface area is 728 Å². The highest BCUT2D eigenvalue weighted by Crippen LogP contribution is 2.61. The molecule has 4 aliphatic rings. The van der Waals surface area contributed by atoms with Gasteiger partial charge in [0.1, 0.15) is 22.3 Å². The van der Waals surface area contributed by atoms with E-state index in [4.69, 9.17) is 18.3 Å². The zero-order valence-corrected chi connectivity index (χ0v) is 71.0. The number of benzene rings is 18. The van der Waals surface area contributed by atoms with E-state index in [0.717, 1.165) is 190 Å². The van der Waals surface area contributed by atoms with E-state index in [1.165, 1.54) is 66.3 Å². The highest BCUT2D eigenvalue weighted by molar-refractivity contribution is 6.19. The summed E-state index contributed by atoms with van der Waals surface area (Å²) in [6.45, 7) is 17.9. The Kier molecular flexibility index (Phi) is 16.2.